The molecule has 23 heavy (non-hydrogen) atoms. The van der Waals surface area contributed by atoms with Crippen LogP contribution in [0.5, 0.6) is 0 Å². The lowest BCUT2D eigenvalue weighted by Crippen LogP contribution is -2.25. The Morgan fingerprint density at radius 2 is 2.17 bits per heavy atom. The van der Waals surface area contributed by atoms with E-state index in [1.807, 2.05) is 6.92 Å². The smallest absolute Gasteiger partial charge is 0.360 e. The number of aryl methyl sites for hydroxylation is 1. The zero-order valence-corrected chi connectivity index (χ0v) is 14.1. The van der Waals surface area contributed by atoms with Gasteiger partial charge in [0, 0.05) is 12.7 Å². The van der Waals surface area contributed by atoms with E-state index in [1.165, 1.54) is 18.0 Å². The molecule has 124 valence electrons. The van der Waals surface area contributed by atoms with Crippen LogP contribution in [0.25, 0.3) is 0 Å². The number of hydrogen-bond acceptors (Lipinski definition) is 5. The molecule has 0 bridgehead atoms. The van der Waals surface area contributed by atoms with Crippen molar-refractivity contribution < 1.29 is 14.3 Å². The standard InChI is InChI=1S/C14H18ClN5O3/c1-5-19-7-11(12(18-19)14(22)23-4)17-13(21)9(3)20-8(2)10(15)6-16-20/h6-7,9H,5H2,1-4H3,(H,17,21)/t9-/m0/s1. The number of esters is 1. The maximum atomic E-state index is 12.4. The minimum Gasteiger partial charge on any atom is -0.464 e. The first-order valence-corrected chi connectivity index (χ1v) is 7.43. The van der Waals surface area contributed by atoms with E-state index in [0.717, 1.165) is 0 Å². The number of carbonyl (C=O) groups is 2. The first-order valence-electron chi connectivity index (χ1n) is 7.05. The van der Waals surface area contributed by atoms with Crippen LogP contribution in [0, 0.1) is 6.92 Å². The van der Waals surface area contributed by atoms with Crippen molar-refractivity contribution in [2.75, 3.05) is 12.4 Å². The van der Waals surface area contributed by atoms with Crippen molar-refractivity contribution >= 4 is 29.2 Å². The molecular formula is C14H18ClN5O3. The van der Waals surface area contributed by atoms with Gasteiger partial charge in [0.05, 0.1) is 29.7 Å². The van der Waals surface area contributed by atoms with Crippen molar-refractivity contribution in [2.24, 2.45) is 0 Å². The van der Waals surface area contributed by atoms with E-state index in [4.69, 9.17) is 11.6 Å². The number of rotatable bonds is 5. The minimum atomic E-state index is -0.613. The molecule has 0 aliphatic heterocycles. The van der Waals surface area contributed by atoms with E-state index in [0.29, 0.717) is 22.9 Å². The molecule has 1 N–H and O–H groups in total. The lowest BCUT2D eigenvalue weighted by Gasteiger charge is -2.14. The molecule has 0 fully saturated rings. The fourth-order valence-electron chi connectivity index (χ4n) is 2.06. The van der Waals surface area contributed by atoms with E-state index in [-0.39, 0.29) is 11.6 Å². The van der Waals surface area contributed by atoms with Gasteiger partial charge in [0.15, 0.2) is 5.69 Å². The van der Waals surface area contributed by atoms with E-state index in [2.05, 4.69) is 20.3 Å². The summed E-state index contributed by atoms with van der Waals surface area (Å²) in [4.78, 5) is 24.2. The molecule has 2 aromatic heterocycles. The summed E-state index contributed by atoms with van der Waals surface area (Å²) >= 11 is 5.96. The molecule has 1 amide bonds. The first kappa shape index (κ1) is 17.0. The zero-order valence-electron chi connectivity index (χ0n) is 13.3. The summed E-state index contributed by atoms with van der Waals surface area (Å²) in [6.07, 6.45) is 3.06. The maximum Gasteiger partial charge on any atom is 0.360 e. The Bertz CT molecular complexity index is 737. The largest absolute Gasteiger partial charge is 0.464 e. The van der Waals surface area contributed by atoms with Gasteiger partial charge in [0.25, 0.3) is 0 Å². The molecule has 0 radical (unpaired) electrons. The van der Waals surface area contributed by atoms with Crippen LogP contribution in [0.15, 0.2) is 12.4 Å². The van der Waals surface area contributed by atoms with Crippen LogP contribution >= 0.6 is 11.6 Å². The molecule has 0 saturated heterocycles. The number of halogens is 1. The van der Waals surface area contributed by atoms with Crippen molar-refractivity contribution in [3.8, 4) is 0 Å². The Morgan fingerprint density at radius 1 is 1.48 bits per heavy atom. The van der Waals surface area contributed by atoms with Crippen molar-refractivity contribution in [2.45, 2.75) is 33.4 Å². The Labute approximate surface area is 138 Å². The van der Waals surface area contributed by atoms with Crippen LogP contribution in [-0.4, -0.2) is 38.5 Å². The van der Waals surface area contributed by atoms with Gasteiger partial charge in [0.1, 0.15) is 6.04 Å². The van der Waals surface area contributed by atoms with Gasteiger partial charge in [-0.3, -0.25) is 14.2 Å². The topological polar surface area (TPSA) is 91.0 Å². The van der Waals surface area contributed by atoms with Crippen molar-refractivity contribution in [3.63, 3.8) is 0 Å². The number of aromatic nitrogens is 4. The van der Waals surface area contributed by atoms with Crippen LogP contribution in [0.1, 0.15) is 36.1 Å². The fraction of sp³-hybridized carbons (Fsp3) is 0.429. The normalized spacial score (nSPS) is 12.0. The van der Waals surface area contributed by atoms with Gasteiger partial charge in [-0.05, 0) is 20.8 Å². The summed E-state index contributed by atoms with van der Waals surface area (Å²) < 4.78 is 7.74. The molecule has 0 spiro atoms. The third-order valence-electron chi connectivity index (χ3n) is 3.45. The second kappa shape index (κ2) is 6.82. The number of ether oxygens (including phenoxy) is 1. The van der Waals surface area contributed by atoms with Gasteiger partial charge in [-0.2, -0.15) is 10.2 Å². The molecule has 0 aliphatic rings. The highest BCUT2D eigenvalue weighted by Crippen LogP contribution is 2.20. The monoisotopic (exact) mass is 339 g/mol. The van der Waals surface area contributed by atoms with E-state index in [1.54, 1.807) is 24.7 Å². The fourth-order valence-corrected chi connectivity index (χ4v) is 2.19. The highest BCUT2D eigenvalue weighted by molar-refractivity contribution is 6.31. The van der Waals surface area contributed by atoms with Crippen molar-refractivity contribution in [3.05, 3.63) is 28.8 Å². The first-order chi connectivity index (χ1) is 10.9. The van der Waals surface area contributed by atoms with Crippen molar-refractivity contribution in [1.82, 2.24) is 19.6 Å². The van der Waals surface area contributed by atoms with Gasteiger partial charge in [0.2, 0.25) is 5.91 Å². The predicted molar refractivity (Wildman–Crippen MR) is 84.6 cm³/mol. The second-order valence-corrected chi connectivity index (χ2v) is 5.33. The Kier molecular flexibility index (Phi) is 5.05. The lowest BCUT2D eigenvalue weighted by atomic mass is 10.3. The van der Waals surface area contributed by atoms with E-state index in [9.17, 15) is 9.59 Å². The van der Waals surface area contributed by atoms with Crippen LogP contribution in [0.4, 0.5) is 5.69 Å². The molecule has 0 unspecified atom stereocenters. The average molecular weight is 340 g/mol. The summed E-state index contributed by atoms with van der Waals surface area (Å²) in [5.74, 6) is -0.952. The Balaban J connectivity index is 2.24. The predicted octanol–water partition coefficient (Wildman–Crippen LogP) is 2.05. The summed E-state index contributed by atoms with van der Waals surface area (Å²) in [5, 5.41) is 11.3. The number of nitrogens with zero attached hydrogens (tertiary/aromatic N) is 4. The van der Waals surface area contributed by atoms with Gasteiger partial charge in [-0.1, -0.05) is 11.6 Å². The van der Waals surface area contributed by atoms with E-state index < -0.39 is 12.0 Å². The number of hydrogen-bond donors (Lipinski definition) is 1. The Morgan fingerprint density at radius 3 is 2.70 bits per heavy atom. The molecule has 8 nitrogen and oxygen atoms in total. The summed E-state index contributed by atoms with van der Waals surface area (Å²) in [7, 11) is 1.26. The summed E-state index contributed by atoms with van der Waals surface area (Å²) in [6.45, 7) is 5.89. The average Bonchev–Trinajstić information content (AvgIpc) is 3.10. The van der Waals surface area contributed by atoms with E-state index >= 15 is 0 Å². The SMILES string of the molecule is CCn1cc(NC(=O)[C@H](C)n2ncc(Cl)c2C)c(C(=O)OC)n1. The van der Waals surface area contributed by atoms with Gasteiger partial charge in [-0.25, -0.2) is 4.79 Å². The molecule has 9 heteroatoms. The molecule has 0 aliphatic carbocycles. The summed E-state index contributed by atoms with van der Waals surface area (Å²) in [5.41, 5.74) is 1.04. The third kappa shape index (κ3) is 3.37. The highest BCUT2D eigenvalue weighted by atomic mass is 35.5. The van der Waals surface area contributed by atoms with Crippen LogP contribution in [0.2, 0.25) is 5.02 Å². The molecule has 2 aromatic rings. The molecule has 0 aromatic carbocycles. The Hall–Kier alpha value is -2.35. The molecule has 1 atom stereocenters. The number of methoxy groups -OCH3 is 1. The van der Waals surface area contributed by atoms with Crippen molar-refractivity contribution in [1.29, 1.82) is 0 Å². The molecular weight excluding hydrogens is 322 g/mol. The molecule has 0 saturated carbocycles. The number of nitrogens with one attached hydrogen (secondary N) is 1. The maximum absolute atomic E-state index is 12.4. The third-order valence-corrected chi connectivity index (χ3v) is 3.82. The number of amides is 1. The minimum absolute atomic E-state index is 0.0603. The van der Waals surface area contributed by atoms with Gasteiger partial charge >= 0.3 is 5.97 Å². The lowest BCUT2D eigenvalue weighted by molar-refractivity contribution is -0.119. The van der Waals surface area contributed by atoms with Gasteiger partial charge in [-0.15, -0.1) is 0 Å². The number of carbonyl (C=O) groups excluding carboxylic acids is 2. The van der Waals surface area contributed by atoms with Crippen LogP contribution in [-0.2, 0) is 16.1 Å². The highest BCUT2D eigenvalue weighted by Gasteiger charge is 2.23. The van der Waals surface area contributed by atoms with Gasteiger partial charge < -0.3 is 10.1 Å². The number of anilines is 1. The van der Waals surface area contributed by atoms with Crippen LogP contribution in [0.3, 0.4) is 0 Å². The summed E-state index contributed by atoms with van der Waals surface area (Å²) in [6, 6.07) is -0.599. The zero-order chi connectivity index (χ0) is 17.1. The molecule has 2 heterocycles. The quantitative estimate of drug-likeness (QED) is 0.842. The van der Waals surface area contributed by atoms with Crippen LogP contribution < -0.4 is 5.32 Å². The second-order valence-electron chi connectivity index (χ2n) is 4.93. The molecule has 2 rings (SSSR count).